The van der Waals surface area contributed by atoms with Gasteiger partial charge >= 0.3 is 0 Å². The maximum Gasteiger partial charge on any atom is 0.253 e. The van der Waals surface area contributed by atoms with E-state index in [1.807, 2.05) is 36.9 Å². The van der Waals surface area contributed by atoms with Crippen LogP contribution in [-0.2, 0) is 11.3 Å². The van der Waals surface area contributed by atoms with Gasteiger partial charge in [-0.1, -0.05) is 0 Å². The highest BCUT2D eigenvalue weighted by Crippen LogP contribution is 2.23. The zero-order chi connectivity index (χ0) is 14.5. The molecule has 2 rings (SSSR count). The van der Waals surface area contributed by atoms with Gasteiger partial charge in [-0.15, -0.1) is 0 Å². The smallest absolute Gasteiger partial charge is 0.253 e. The van der Waals surface area contributed by atoms with E-state index in [1.165, 1.54) is 0 Å². The average molecular weight is 277 g/mol. The lowest BCUT2D eigenvalue weighted by Gasteiger charge is -2.17. The molecule has 0 bridgehead atoms. The third kappa shape index (κ3) is 3.51. The molecule has 0 radical (unpaired) electrons. The molecule has 1 fully saturated rings. The Morgan fingerprint density at radius 3 is 2.60 bits per heavy atom. The number of ether oxygens (including phenoxy) is 2. The van der Waals surface area contributed by atoms with E-state index < -0.39 is 0 Å². The molecule has 0 aromatic heterocycles. The lowest BCUT2D eigenvalue weighted by molar-refractivity contribution is 0.0643. The number of methoxy groups -OCH3 is 1. The number of likely N-dealkylation sites (tertiary alicyclic amines) is 1. The Bertz CT molecular complexity index is 465. The van der Waals surface area contributed by atoms with Crippen molar-refractivity contribution in [1.82, 2.24) is 4.90 Å². The molecule has 110 valence electrons. The lowest BCUT2D eigenvalue weighted by Crippen LogP contribution is -2.27. The second-order valence-electron chi connectivity index (χ2n) is 5.39. The first-order valence-electron chi connectivity index (χ1n) is 7.19. The largest absolute Gasteiger partial charge is 0.496 e. The van der Waals surface area contributed by atoms with Crippen molar-refractivity contribution < 1.29 is 14.3 Å². The van der Waals surface area contributed by atoms with Crippen LogP contribution >= 0.6 is 0 Å². The van der Waals surface area contributed by atoms with Crippen LogP contribution in [0.5, 0.6) is 5.75 Å². The topological polar surface area (TPSA) is 38.8 Å². The van der Waals surface area contributed by atoms with Crippen molar-refractivity contribution in [3.05, 3.63) is 29.3 Å². The van der Waals surface area contributed by atoms with Crippen LogP contribution in [0, 0.1) is 0 Å². The van der Waals surface area contributed by atoms with E-state index in [0.717, 1.165) is 42.8 Å². The number of nitrogens with zero attached hydrogens (tertiary/aromatic N) is 1. The van der Waals surface area contributed by atoms with Gasteiger partial charge in [-0.25, -0.2) is 0 Å². The molecule has 1 saturated heterocycles. The summed E-state index contributed by atoms with van der Waals surface area (Å²) in [4.78, 5) is 14.3. The molecule has 1 aliphatic heterocycles. The van der Waals surface area contributed by atoms with Gasteiger partial charge in [0.25, 0.3) is 5.91 Å². The summed E-state index contributed by atoms with van der Waals surface area (Å²) in [7, 11) is 1.64. The first-order valence-corrected chi connectivity index (χ1v) is 7.19. The van der Waals surface area contributed by atoms with Gasteiger partial charge in [0.15, 0.2) is 0 Å². The Labute approximate surface area is 120 Å². The van der Waals surface area contributed by atoms with Crippen LogP contribution in [0.15, 0.2) is 18.2 Å². The lowest BCUT2D eigenvalue weighted by atomic mass is 10.1. The Kier molecular flexibility index (Phi) is 5.01. The predicted molar refractivity (Wildman–Crippen MR) is 78.1 cm³/mol. The van der Waals surface area contributed by atoms with Crippen molar-refractivity contribution in [2.24, 2.45) is 0 Å². The quantitative estimate of drug-likeness (QED) is 0.830. The van der Waals surface area contributed by atoms with Crippen molar-refractivity contribution in [3.63, 3.8) is 0 Å². The summed E-state index contributed by atoms with van der Waals surface area (Å²) in [6.45, 7) is 6.17. The summed E-state index contributed by atoms with van der Waals surface area (Å²) in [6.07, 6.45) is 2.36. The van der Waals surface area contributed by atoms with Crippen LogP contribution in [-0.4, -0.2) is 37.1 Å². The van der Waals surface area contributed by atoms with E-state index in [9.17, 15) is 4.79 Å². The SMILES string of the molecule is COc1ccc(C(=O)N2CCCC2)cc1COC(C)C. The third-order valence-corrected chi connectivity index (χ3v) is 3.49. The van der Waals surface area contributed by atoms with E-state index in [1.54, 1.807) is 7.11 Å². The van der Waals surface area contributed by atoms with E-state index >= 15 is 0 Å². The number of amides is 1. The average Bonchev–Trinajstić information content (AvgIpc) is 2.98. The standard InChI is InChI=1S/C16H23NO3/c1-12(2)20-11-14-10-13(6-7-15(14)19-3)16(18)17-8-4-5-9-17/h6-7,10,12H,4-5,8-9,11H2,1-3H3. The van der Waals surface area contributed by atoms with Crippen LogP contribution in [0.3, 0.4) is 0 Å². The summed E-state index contributed by atoms with van der Waals surface area (Å²) in [6, 6.07) is 5.57. The Morgan fingerprint density at radius 2 is 2.00 bits per heavy atom. The molecular formula is C16H23NO3. The molecule has 0 spiro atoms. The molecule has 20 heavy (non-hydrogen) atoms. The highest BCUT2D eigenvalue weighted by Gasteiger charge is 2.20. The number of carbonyl (C=O) groups excluding carboxylic acids is 1. The van der Waals surface area contributed by atoms with Gasteiger partial charge in [-0.3, -0.25) is 4.79 Å². The minimum absolute atomic E-state index is 0.107. The van der Waals surface area contributed by atoms with E-state index in [-0.39, 0.29) is 12.0 Å². The van der Waals surface area contributed by atoms with Crippen LogP contribution in [0.25, 0.3) is 0 Å². The van der Waals surface area contributed by atoms with E-state index in [0.29, 0.717) is 6.61 Å². The molecule has 4 heteroatoms. The van der Waals surface area contributed by atoms with Crippen molar-refractivity contribution in [2.75, 3.05) is 20.2 Å². The van der Waals surface area contributed by atoms with Gasteiger partial charge in [0.1, 0.15) is 5.75 Å². The molecule has 4 nitrogen and oxygen atoms in total. The molecule has 1 amide bonds. The summed E-state index contributed by atoms with van der Waals surface area (Å²) in [5.74, 6) is 0.875. The van der Waals surface area contributed by atoms with Gasteiger partial charge in [-0.05, 0) is 44.9 Å². The molecule has 1 heterocycles. The van der Waals surface area contributed by atoms with Crippen LogP contribution in [0.2, 0.25) is 0 Å². The van der Waals surface area contributed by atoms with Crippen molar-refractivity contribution in [3.8, 4) is 5.75 Å². The molecule has 1 aromatic rings. The summed E-state index contributed by atoms with van der Waals surface area (Å²) in [5, 5.41) is 0. The van der Waals surface area contributed by atoms with Gasteiger partial charge in [0.2, 0.25) is 0 Å². The van der Waals surface area contributed by atoms with Gasteiger partial charge in [0, 0.05) is 24.2 Å². The zero-order valence-corrected chi connectivity index (χ0v) is 12.5. The summed E-state index contributed by atoms with van der Waals surface area (Å²) < 4.78 is 11.0. The first-order chi connectivity index (χ1) is 9.61. The molecule has 1 aromatic carbocycles. The van der Waals surface area contributed by atoms with E-state index in [2.05, 4.69) is 0 Å². The maximum atomic E-state index is 12.4. The fraction of sp³-hybridized carbons (Fsp3) is 0.562. The fourth-order valence-corrected chi connectivity index (χ4v) is 2.38. The Morgan fingerprint density at radius 1 is 1.30 bits per heavy atom. The number of carbonyl (C=O) groups is 1. The summed E-state index contributed by atoms with van der Waals surface area (Å²) in [5.41, 5.74) is 1.64. The van der Waals surface area contributed by atoms with Crippen molar-refractivity contribution >= 4 is 5.91 Å². The fourth-order valence-electron chi connectivity index (χ4n) is 2.38. The molecule has 0 saturated carbocycles. The molecule has 0 N–H and O–H groups in total. The van der Waals surface area contributed by atoms with Crippen LogP contribution in [0.1, 0.15) is 42.6 Å². The molecule has 0 unspecified atom stereocenters. The van der Waals surface area contributed by atoms with Crippen molar-refractivity contribution in [1.29, 1.82) is 0 Å². The second-order valence-corrected chi connectivity index (χ2v) is 5.39. The number of hydrogen-bond donors (Lipinski definition) is 0. The third-order valence-electron chi connectivity index (χ3n) is 3.49. The molecule has 0 aliphatic carbocycles. The van der Waals surface area contributed by atoms with E-state index in [4.69, 9.17) is 9.47 Å². The monoisotopic (exact) mass is 277 g/mol. The number of rotatable bonds is 5. The molecular weight excluding hydrogens is 254 g/mol. The molecule has 0 atom stereocenters. The van der Waals surface area contributed by atoms with Crippen LogP contribution in [0.4, 0.5) is 0 Å². The Hall–Kier alpha value is -1.55. The number of hydrogen-bond acceptors (Lipinski definition) is 3. The normalized spacial score (nSPS) is 14.9. The predicted octanol–water partition coefficient (Wildman–Crippen LogP) is 2.86. The van der Waals surface area contributed by atoms with Gasteiger partial charge in [0.05, 0.1) is 19.8 Å². The first kappa shape index (κ1) is 14.9. The van der Waals surface area contributed by atoms with Crippen molar-refractivity contribution in [2.45, 2.75) is 39.4 Å². The van der Waals surface area contributed by atoms with Gasteiger partial charge in [-0.2, -0.15) is 0 Å². The second kappa shape index (κ2) is 6.75. The number of benzene rings is 1. The minimum Gasteiger partial charge on any atom is -0.496 e. The highest BCUT2D eigenvalue weighted by molar-refractivity contribution is 5.94. The zero-order valence-electron chi connectivity index (χ0n) is 12.5. The Balaban J connectivity index is 2.17. The van der Waals surface area contributed by atoms with Gasteiger partial charge < -0.3 is 14.4 Å². The highest BCUT2D eigenvalue weighted by atomic mass is 16.5. The summed E-state index contributed by atoms with van der Waals surface area (Å²) >= 11 is 0. The maximum absolute atomic E-state index is 12.4. The van der Waals surface area contributed by atoms with Crippen LogP contribution < -0.4 is 4.74 Å². The minimum atomic E-state index is 0.107. The molecule has 1 aliphatic rings.